The molecule has 2 rings (SSSR count). The number of anilines is 1. The van der Waals surface area contributed by atoms with Gasteiger partial charge in [-0.3, -0.25) is 4.79 Å². The molecule has 0 unspecified atom stereocenters. The smallest absolute Gasteiger partial charge is 0.265 e. The summed E-state index contributed by atoms with van der Waals surface area (Å²) in [5, 5.41) is 0. The van der Waals surface area contributed by atoms with Gasteiger partial charge in [-0.2, -0.15) is 0 Å². The lowest BCUT2D eigenvalue weighted by atomic mass is 10.1. The Bertz CT molecular complexity index is 635. The molecule has 0 bridgehead atoms. The van der Waals surface area contributed by atoms with Crippen molar-refractivity contribution in [1.82, 2.24) is 4.57 Å². The molecule has 0 atom stereocenters. The van der Waals surface area contributed by atoms with Crippen LogP contribution in [-0.2, 0) is 6.54 Å². The minimum atomic E-state index is -0.419. The van der Waals surface area contributed by atoms with E-state index in [1.54, 1.807) is 18.3 Å². The van der Waals surface area contributed by atoms with E-state index in [0.29, 0.717) is 15.7 Å². The fourth-order valence-corrected chi connectivity index (χ4v) is 2.85. The minimum absolute atomic E-state index is 0.0926. The number of halogens is 3. The molecule has 0 radical (unpaired) electrons. The van der Waals surface area contributed by atoms with Crippen LogP contribution in [0.2, 0.25) is 0 Å². The van der Waals surface area contributed by atoms with Crippen molar-refractivity contribution < 1.29 is 4.39 Å². The molecule has 18 heavy (non-hydrogen) atoms. The largest absolute Gasteiger partial charge is 0.398 e. The Labute approximate surface area is 120 Å². The Hall–Kier alpha value is -1.14. The van der Waals surface area contributed by atoms with Crippen molar-refractivity contribution in [2.24, 2.45) is 0 Å². The van der Waals surface area contributed by atoms with Crippen molar-refractivity contribution in [3.8, 4) is 0 Å². The van der Waals surface area contributed by atoms with Crippen LogP contribution in [0.1, 0.15) is 5.56 Å². The quantitative estimate of drug-likeness (QED) is 0.819. The maximum Gasteiger partial charge on any atom is 0.265 e. The van der Waals surface area contributed by atoms with Crippen LogP contribution in [0, 0.1) is 5.82 Å². The maximum atomic E-state index is 13.7. The van der Waals surface area contributed by atoms with Gasteiger partial charge in [-0.15, -0.1) is 0 Å². The Kier molecular flexibility index (Phi) is 3.87. The number of nitrogens with two attached hydrogens (primary N) is 1. The summed E-state index contributed by atoms with van der Waals surface area (Å²) in [6.07, 6.45) is 1.60. The van der Waals surface area contributed by atoms with Crippen molar-refractivity contribution in [1.29, 1.82) is 0 Å². The number of nitrogen functional groups attached to an aromatic ring is 1. The number of benzene rings is 1. The predicted octanol–water partition coefficient (Wildman–Crippen LogP) is 3.14. The SMILES string of the molecule is Nc1cccc(F)c1Cn1cc(Br)cc(Br)c1=O. The monoisotopic (exact) mass is 374 g/mol. The second-order valence-corrected chi connectivity index (χ2v) is 5.52. The molecule has 0 amide bonds. The molecule has 0 spiro atoms. The molecule has 94 valence electrons. The van der Waals surface area contributed by atoms with Gasteiger partial charge in [-0.25, -0.2) is 4.39 Å². The van der Waals surface area contributed by atoms with Crippen LogP contribution in [0.4, 0.5) is 10.1 Å². The third-order valence-corrected chi connectivity index (χ3v) is 3.49. The van der Waals surface area contributed by atoms with E-state index >= 15 is 0 Å². The molecule has 2 N–H and O–H groups in total. The number of pyridine rings is 1. The fraction of sp³-hybridized carbons (Fsp3) is 0.0833. The minimum Gasteiger partial charge on any atom is -0.398 e. The molecular weight excluding hydrogens is 367 g/mol. The Morgan fingerprint density at radius 1 is 1.33 bits per heavy atom. The molecule has 0 aliphatic rings. The first kappa shape index (κ1) is 13.3. The van der Waals surface area contributed by atoms with Crippen LogP contribution in [-0.4, -0.2) is 4.57 Å². The van der Waals surface area contributed by atoms with Gasteiger partial charge in [-0.1, -0.05) is 6.07 Å². The second-order valence-electron chi connectivity index (χ2n) is 3.75. The summed E-state index contributed by atoms with van der Waals surface area (Å²) in [6, 6.07) is 6.11. The van der Waals surface area contributed by atoms with Crippen LogP contribution in [0.3, 0.4) is 0 Å². The van der Waals surface area contributed by atoms with E-state index in [1.165, 1.54) is 16.7 Å². The molecule has 0 fully saturated rings. The second kappa shape index (κ2) is 5.24. The third-order valence-electron chi connectivity index (χ3n) is 2.49. The summed E-state index contributed by atoms with van der Waals surface area (Å²) < 4.78 is 16.2. The molecule has 3 nitrogen and oxygen atoms in total. The highest BCUT2D eigenvalue weighted by molar-refractivity contribution is 9.11. The third kappa shape index (κ3) is 2.64. The van der Waals surface area contributed by atoms with Crippen molar-refractivity contribution in [3.05, 3.63) is 61.1 Å². The molecular formula is C12H9Br2FN2O. The lowest BCUT2D eigenvalue weighted by Crippen LogP contribution is -2.21. The van der Waals surface area contributed by atoms with Crippen molar-refractivity contribution in [3.63, 3.8) is 0 Å². The standard InChI is InChI=1S/C12H9Br2FN2O/c13-7-4-9(14)12(18)17(5-7)6-8-10(15)2-1-3-11(8)16/h1-5H,6,16H2. The van der Waals surface area contributed by atoms with Crippen molar-refractivity contribution in [2.45, 2.75) is 6.54 Å². The van der Waals surface area contributed by atoms with Gasteiger partial charge in [0.05, 0.1) is 11.0 Å². The summed E-state index contributed by atoms with van der Waals surface area (Å²) in [5.41, 5.74) is 6.12. The molecule has 1 heterocycles. The predicted molar refractivity (Wildman–Crippen MR) is 76.0 cm³/mol. The highest BCUT2D eigenvalue weighted by Crippen LogP contribution is 2.18. The van der Waals surface area contributed by atoms with E-state index in [4.69, 9.17) is 5.73 Å². The number of hydrogen-bond donors (Lipinski definition) is 1. The summed E-state index contributed by atoms with van der Waals surface area (Å²) >= 11 is 6.44. The van der Waals surface area contributed by atoms with Crippen LogP contribution >= 0.6 is 31.9 Å². The topological polar surface area (TPSA) is 48.0 Å². The van der Waals surface area contributed by atoms with Crippen LogP contribution in [0.15, 0.2) is 44.2 Å². The van der Waals surface area contributed by atoms with Gasteiger partial charge in [-0.05, 0) is 50.1 Å². The molecule has 2 aromatic rings. The van der Waals surface area contributed by atoms with Gasteiger partial charge in [0, 0.05) is 21.9 Å². The van der Waals surface area contributed by atoms with E-state index in [-0.39, 0.29) is 12.1 Å². The summed E-state index contributed by atoms with van der Waals surface area (Å²) in [5.74, 6) is -0.419. The first-order valence-electron chi connectivity index (χ1n) is 5.07. The molecule has 6 heteroatoms. The zero-order valence-electron chi connectivity index (χ0n) is 9.16. The van der Waals surface area contributed by atoms with E-state index in [2.05, 4.69) is 31.9 Å². The fourth-order valence-electron chi connectivity index (χ4n) is 1.59. The summed E-state index contributed by atoms with van der Waals surface area (Å²) in [6.45, 7) is 0.0926. The first-order valence-corrected chi connectivity index (χ1v) is 6.66. The summed E-state index contributed by atoms with van der Waals surface area (Å²) in [7, 11) is 0. The molecule has 0 aliphatic heterocycles. The van der Waals surface area contributed by atoms with E-state index < -0.39 is 5.82 Å². The highest BCUT2D eigenvalue weighted by Gasteiger charge is 2.09. The van der Waals surface area contributed by atoms with E-state index in [9.17, 15) is 9.18 Å². The average molecular weight is 376 g/mol. The van der Waals surface area contributed by atoms with Crippen molar-refractivity contribution in [2.75, 3.05) is 5.73 Å². The van der Waals surface area contributed by atoms with Crippen LogP contribution in [0.5, 0.6) is 0 Å². The first-order chi connectivity index (χ1) is 8.49. The normalized spacial score (nSPS) is 10.6. The van der Waals surface area contributed by atoms with Crippen molar-refractivity contribution >= 4 is 37.5 Å². The van der Waals surface area contributed by atoms with Gasteiger partial charge in [0.25, 0.3) is 5.56 Å². The number of hydrogen-bond acceptors (Lipinski definition) is 2. The Balaban J connectivity index is 2.50. The maximum absolute atomic E-state index is 13.7. The van der Waals surface area contributed by atoms with E-state index in [1.807, 2.05) is 0 Å². The van der Waals surface area contributed by atoms with Gasteiger partial charge in [0.1, 0.15) is 5.82 Å². The highest BCUT2D eigenvalue weighted by atomic mass is 79.9. The van der Waals surface area contributed by atoms with Crippen LogP contribution < -0.4 is 11.3 Å². The molecule has 0 aliphatic carbocycles. The van der Waals surface area contributed by atoms with Crippen LogP contribution in [0.25, 0.3) is 0 Å². The van der Waals surface area contributed by atoms with Gasteiger partial charge in [0.15, 0.2) is 0 Å². The lowest BCUT2D eigenvalue weighted by Gasteiger charge is -2.10. The number of aromatic nitrogens is 1. The number of rotatable bonds is 2. The number of nitrogens with zero attached hydrogens (tertiary/aromatic N) is 1. The Morgan fingerprint density at radius 2 is 2.06 bits per heavy atom. The van der Waals surface area contributed by atoms with Gasteiger partial charge in [0.2, 0.25) is 0 Å². The van der Waals surface area contributed by atoms with Gasteiger partial charge >= 0.3 is 0 Å². The Morgan fingerprint density at radius 3 is 2.72 bits per heavy atom. The summed E-state index contributed by atoms with van der Waals surface area (Å²) in [4.78, 5) is 11.9. The molecule has 1 aromatic heterocycles. The zero-order chi connectivity index (χ0) is 13.3. The molecule has 1 aromatic carbocycles. The van der Waals surface area contributed by atoms with E-state index in [0.717, 1.165) is 4.47 Å². The average Bonchev–Trinajstić information content (AvgIpc) is 2.30. The lowest BCUT2D eigenvalue weighted by molar-refractivity contribution is 0.597. The van der Waals surface area contributed by atoms with Gasteiger partial charge < -0.3 is 10.3 Å². The molecule has 0 saturated heterocycles. The molecule has 0 saturated carbocycles. The zero-order valence-corrected chi connectivity index (χ0v) is 12.3.